The summed E-state index contributed by atoms with van der Waals surface area (Å²) < 4.78 is 0. The molecule has 0 bridgehead atoms. The van der Waals surface area contributed by atoms with E-state index in [9.17, 15) is 0 Å². The molecule has 0 heterocycles. The highest BCUT2D eigenvalue weighted by Crippen LogP contribution is 2.12. The molecule has 0 saturated heterocycles. The average molecular weight is 258 g/mol. The number of rotatable bonds is 3. The second kappa shape index (κ2) is 5.56. The lowest BCUT2D eigenvalue weighted by Crippen LogP contribution is -2.17. The van der Waals surface area contributed by atoms with Crippen LogP contribution in [0.1, 0.15) is 16.7 Å². The fourth-order valence-corrected chi connectivity index (χ4v) is 4.62. The van der Waals surface area contributed by atoms with E-state index in [1.807, 2.05) is 6.07 Å². The first-order valence-corrected chi connectivity index (χ1v) is 8.14. The predicted octanol–water partition coefficient (Wildman–Crippen LogP) is 2.59. The zero-order valence-corrected chi connectivity index (χ0v) is 12.7. The molecule has 0 amide bonds. The van der Waals surface area contributed by atoms with Crippen LogP contribution in [0.3, 0.4) is 0 Å². The van der Waals surface area contributed by atoms with Gasteiger partial charge < -0.3 is 0 Å². The molecule has 2 aromatic rings. The minimum atomic E-state index is -0.223. The summed E-state index contributed by atoms with van der Waals surface area (Å²) in [6.45, 7) is 4.36. The zero-order chi connectivity index (χ0) is 12.3. The highest BCUT2D eigenvalue weighted by molar-refractivity contribution is 7.80. The molecule has 0 aliphatic heterocycles. The normalized spacial score (nSPS) is 11.2. The lowest BCUT2D eigenvalue weighted by atomic mass is 10.2. The van der Waals surface area contributed by atoms with Gasteiger partial charge in [-0.2, -0.15) is 0 Å². The molecule has 0 aromatic heterocycles. The van der Waals surface area contributed by atoms with Gasteiger partial charge in [0.15, 0.2) is 0 Å². The summed E-state index contributed by atoms with van der Waals surface area (Å²) in [6.07, 6.45) is 0. The van der Waals surface area contributed by atoms with Crippen LogP contribution in [0.4, 0.5) is 0 Å². The van der Waals surface area contributed by atoms with Gasteiger partial charge in [0.2, 0.25) is 0 Å². The first-order chi connectivity index (χ1) is 8.15. The Bertz CT molecular complexity index is 500. The van der Waals surface area contributed by atoms with Crippen molar-refractivity contribution >= 4 is 27.3 Å². The van der Waals surface area contributed by atoms with Crippen LogP contribution < -0.4 is 5.19 Å². The molecule has 0 spiro atoms. The van der Waals surface area contributed by atoms with Crippen molar-refractivity contribution in [3.63, 3.8) is 0 Å². The number of benzene rings is 2. The first kappa shape index (κ1) is 12.5. The van der Waals surface area contributed by atoms with Crippen LogP contribution in [-0.4, -0.2) is 9.52 Å². The Labute approximate surface area is 111 Å². The Kier molecular flexibility index (Phi) is 4.08. The quantitative estimate of drug-likeness (QED) is 0.635. The van der Waals surface area contributed by atoms with Crippen molar-refractivity contribution in [3.8, 4) is 0 Å². The molecule has 0 radical (unpaired) electrons. The topological polar surface area (TPSA) is 0 Å². The lowest BCUT2D eigenvalue weighted by molar-refractivity contribution is 1.26. The van der Waals surface area contributed by atoms with Crippen LogP contribution in [0.2, 0.25) is 0 Å². The van der Waals surface area contributed by atoms with Crippen molar-refractivity contribution in [1.29, 1.82) is 0 Å². The molecule has 0 atom stereocenters. The maximum absolute atomic E-state index is 4.51. The molecule has 2 rings (SSSR count). The second-order valence-electron chi connectivity index (χ2n) is 4.62. The molecule has 2 heteroatoms. The van der Waals surface area contributed by atoms with E-state index in [1.54, 1.807) is 5.19 Å². The monoisotopic (exact) mass is 258 g/mol. The molecular formula is C15H18SSi. The maximum atomic E-state index is 4.51. The van der Waals surface area contributed by atoms with E-state index < -0.39 is 0 Å². The van der Waals surface area contributed by atoms with Crippen molar-refractivity contribution in [2.75, 3.05) is 0 Å². The van der Waals surface area contributed by atoms with Crippen LogP contribution in [-0.2, 0) is 6.04 Å². The van der Waals surface area contributed by atoms with Crippen LogP contribution in [0, 0.1) is 13.8 Å². The van der Waals surface area contributed by atoms with E-state index in [0.29, 0.717) is 0 Å². The summed E-state index contributed by atoms with van der Waals surface area (Å²) in [5.41, 5.74) is 4.15. The maximum Gasteiger partial charge on any atom is 0.0591 e. The van der Waals surface area contributed by atoms with Gasteiger partial charge in [0.25, 0.3) is 0 Å². The largest absolute Gasteiger partial charge is 0.143 e. The van der Waals surface area contributed by atoms with E-state index in [1.165, 1.54) is 22.7 Å². The second-order valence-corrected chi connectivity index (χ2v) is 6.92. The van der Waals surface area contributed by atoms with Gasteiger partial charge in [-0.1, -0.05) is 52.7 Å². The Hall–Kier alpha value is -0.993. The Morgan fingerprint density at radius 3 is 2.29 bits per heavy atom. The summed E-state index contributed by atoms with van der Waals surface area (Å²) in [5, 5.41) is 1.55. The number of aryl methyl sites for hydroxylation is 2. The summed E-state index contributed by atoms with van der Waals surface area (Å²) >= 11 is 4.51. The van der Waals surface area contributed by atoms with Gasteiger partial charge in [-0.3, -0.25) is 0 Å². The van der Waals surface area contributed by atoms with Crippen molar-refractivity contribution in [2.45, 2.75) is 24.8 Å². The van der Waals surface area contributed by atoms with Gasteiger partial charge in [-0.25, -0.2) is 0 Å². The number of thiol groups is 1. The van der Waals surface area contributed by atoms with Gasteiger partial charge in [0.1, 0.15) is 0 Å². The Morgan fingerprint density at radius 2 is 1.65 bits per heavy atom. The van der Waals surface area contributed by atoms with Crippen LogP contribution in [0.15, 0.2) is 47.4 Å². The predicted molar refractivity (Wildman–Crippen MR) is 81.5 cm³/mol. The van der Waals surface area contributed by atoms with E-state index in [4.69, 9.17) is 0 Å². The minimum Gasteiger partial charge on any atom is -0.143 e. The molecule has 88 valence electrons. The molecule has 0 aliphatic rings. The average Bonchev–Trinajstić information content (AvgIpc) is 2.27. The summed E-state index contributed by atoms with van der Waals surface area (Å²) in [7, 11) is -0.223. The third-order valence-electron chi connectivity index (χ3n) is 2.96. The summed E-state index contributed by atoms with van der Waals surface area (Å²) in [5.74, 6) is 0. The van der Waals surface area contributed by atoms with Crippen molar-refractivity contribution in [2.24, 2.45) is 0 Å². The highest BCUT2D eigenvalue weighted by Gasteiger charge is 2.01. The smallest absolute Gasteiger partial charge is 0.0591 e. The fraction of sp³-hybridized carbons (Fsp3) is 0.200. The van der Waals surface area contributed by atoms with Gasteiger partial charge in [0, 0.05) is 4.90 Å². The van der Waals surface area contributed by atoms with Gasteiger partial charge in [-0.05, 0) is 31.5 Å². The Morgan fingerprint density at radius 1 is 1.00 bits per heavy atom. The van der Waals surface area contributed by atoms with Gasteiger partial charge >= 0.3 is 0 Å². The summed E-state index contributed by atoms with van der Waals surface area (Å²) in [6, 6.07) is 16.5. The lowest BCUT2D eigenvalue weighted by Gasteiger charge is -2.06. The van der Waals surface area contributed by atoms with E-state index in [0.717, 1.165) is 4.90 Å². The van der Waals surface area contributed by atoms with Crippen LogP contribution in [0.5, 0.6) is 0 Å². The molecule has 0 unspecified atom stereocenters. The SMILES string of the molecule is Cc1cc(C)cc([SiH2]Cc2ccccc2S)c1. The number of hydrogen-bond donors (Lipinski definition) is 1. The molecular weight excluding hydrogens is 240 g/mol. The van der Waals surface area contributed by atoms with E-state index >= 15 is 0 Å². The van der Waals surface area contributed by atoms with Gasteiger partial charge in [0.05, 0.1) is 9.52 Å². The van der Waals surface area contributed by atoms with Crippen molar-refractivity contribution < 1.29 is 0 Å². The third kappa shape index (κ3) is 3.48. The van der Waals surface area contributed by atoms with E-state index in [-0.39, 0.29) is 9.52 Å². The highest BCUT2D eigenvalue weighted by atomic mass is 32.1. The van der Waals surface area contributed by atoms with E-state index in [2.05, 4.69) is 62.9 Å². The molecule has 0 saturated carbocycles. The van der Waals surface area contributed by atoms with Crippen LogP contribution in [0.25, 0.3) is 0 Å². The molecule has 17 heavy (non-hydrogen) atoms. The van der Waals surface area contributed by atoms with Crippen molar-refractivity contribution in [3.05, 3.63) is 59.2 Å². The first-order valence-electron chi connectivity index (χ1n) is 5.99. The third-order valence-corrected chi connectivity index (χ3v) is 5.17. The molecule has 0 nitrogen and oxygen atoms in total. The molecule has 0 fully saturated rings. The zero-order valence-electron chi connectivity index (χ0n) is 10.4. The minimum absolute atomic E-state index is 0.223. The number of hydrogen-bond acceptors (Lipinski definition) is 1. The standard InChI is InChI=1S/C15H18SSi/c1-11-7-12(2)9-14(8-11)17-10-13-5-3-4-6-15(13)16/h3-9,16H,10,17H2,1-2H3. The fourth-order valence-electron chi connectivity index (χ4n) is 2.21. The molecule has 0 N–H and O–H groups in total. The summed E-state index contributed by atoms with van der Waals surface area (Å²) in [4.78, 5) is 1.13. The molecule has 2 aromatic carbocycles. The molecule has 0 aliphatic carbocycles. The van der Waals surface area contributed by atoms with Crippen LogP contribution >= 0.6 is 12.6 Å². The van der Waals surface area contributed by atoms with Gasteiger partial charge in [-0.15, -0.1) is 12.6 Å². The Balaban J connectivity index is 2.10. The van der Waals surface area contributed by atoms with Crippen molar-refractivity contribution in [1.82, 2.24) is 0 Å².